The van der Waals surface area contributed by atoms with E-state index in [4.69, 9.17) is 18.9 Å². The summed E-state index contributed by atoms with van der Waals surface area (Å²) in [4.78, 5) is 9.16. The van der Waals surface area contributed by atoms with Crippen LogP contribution in [-0.4, -0.2) is 28.8 Å². The van der Waals surface area contributed by atoms with Gasteiger partial charge in [-0.1, -0.05) is 13.8 Å². The van der Waals surface area contributed by atoms with Crippen LogP contribution in [0.4, 0.5) is 0 Å². The maximum atomic E-state index is 5.96. The van der Waals surface area contributed by atoms with Gasteiger partial charge in [-0.05, 0) is 26.0 Å². The van der Waals surface area contributed by atoms with Gasteiger partial charge in [0.05, 0.1) is 26.3 Å². The number of aromatic nitrogens is 3. The minimum absolute atomic E-state index is 0.348. The standard InChI is InChI=1S/C20H25N3O3/c1-12(2)19-21-9-10-23(19)11-16-14(4)26-20(22-16)15-7-8-17(24-5)13(3)18(15)25-6/h7-10,12H,11H2,1-6H3. The highest BCUT2D eigenvalue weighted by atomic mass is 16.5. The molecule has 0 saturated carbocycles. The van der Waals surface area contributed by atoms with Crippen LogP contribution < -0.4 is 9.47 Å². The number of rotatable bonds is 6. The predicted molar refractivity (Wildman–Crippen MR) is 99.9 cm³/mol. The first-order valence-corrected chi connectivity index (χ1v) is 8.65. The van der Waals surface area contributed by atoms with E-state index in [1.165, 1.54) is 0 Å². The van der Waals surface area contributed by atoms with E-state index in [1.807, 2.05) is 38.4 Å². The Labute approximate surface area is 153 Å². The lowest BCUT2D eigenvalue weighted by molar-refractivity contribution is 0.388. The molecule has 0 aliphatic rings. The van der Waals surface area contributed by atoms with E-state index in [-0.39, 0.29) is 0 Å². The van der Waals surface area contributed by atoms with Crippen molar-refractivity contribution in [3.63, 3.8) is 0 Å². The fourth-order valence-electron chi connectivity index (χ4n) is 3.13. The van der Waals surface area contributed by atoms with E-state index >= 15 is 0 Å². The molecule has 2 aromatic heterocycles. The molecule has 0 radical (unpaired) electrons. The second-order valence-electron chi connectivity index (χ2n) is 6.56. The normalized spacial score (nSPS) is 11.2. The van der Waals surface area contributed by atoms with E-state index in [1.54, 1.807) is 14.2 Å². The number of benzene rings is 1. The number of methoxy groups -OCH3 is 2. The van der Waals surface area contributed by atoms with Crippen LogP contribution in [0, 0.1) is 13.8 Å². The van der Waals surface area contributed by atoms with Crippen LogP contribution in [0.5, 0.6) is 11.5 Å². The van der Waals surface area contributed by atoms with Crippen molar-refractivity contribution in [3.05, 3.63) is 47.4 Å². The van der Waals surface area contributed by atoms with Gasteiger partial charge in [0, 0.05) is 23.9 Å². The first-order chi connectivity index (χ1) is 12.5. The molecule has 0 amide bonds. The van der Waals surface area contributed by atoms with E-state index in [0.717, 1.165) is 34.2 Å². The number of oxazole rings is 1. The summed E-state index contributed by atoms with van der Waals surface area (Å²) in [6.45, 7) is 8.77. The van der Waals surface area contributed by atoms with Gasteiger partial charge in [0.2, 0.25) is 5.89 Å². The molecule has 138 valence electrons. The Morgan fingerprint density at radius 1 is 1.15 bits per heavy atom. The average molecular weight is 355 g/mol. The third-order valence-corrected chi connectivity index (χ3v) is 4.49. The molecule has 0 atom stereocenters. The summed E-state index contributed by atoms with van der Waals surface area (Å²) in [5, 5.41) is 0. The Balaban J connectivity index is 1.99. The van der Waals surface area contributed by atoms with Gasteiger partial charge in [-0.2, -0.15) is 0 Å². The van der Waals surface area contributed by atoms with Crippen molar-refractivity contribution in [2.75, 3.05) is 14.2 Å². The monoisotopic (exact) mass is 355 g/mol. The maximum absolute atomic E-state index is 5.96. The minimum atomic E-state index is 0.348. The smallest absolute Gasteiger partial charge is 0.230 e. The molecule has 3 rings (SSSR count). The second-order valence-corrected chi connectivity index (χ2v) is 6.56. The van der Waals surface area contributed by atoms with Gasteiger partial charge < -0.3 is 18.5 Å². The second kappa shape index (κ2) is 7.23. The summed E-state index contributed by atoms with van der Waals surface area (Å²) in [5.74, 6) is 4.20. The SMILES string of the molecule is COc1ccc(-c2nc(Cn3ccnc3C(C)C)c(C)o2)c(OC)c1C. The molecule has 0 unspecified atom stereocenters. The first kappa shape index (κ1) is 18.0. The molecule has 3 aromatic rings. The summed E-state index contributed by atoms with van der Waals surface area (Å²) in [7, 11) is 3.29. The third-order valence-electron chi connectivity index (χ3n) is 4.49. The maximum Gasteiger partial charge on any atom is 0.230 e. The number of hydrogen-bond acceptors (Lipinski definition) is 5. The lowest BCUT2D eigenvalue weighted by Crippen LogP contribution is -2.07. The molecule has 6 heteroatoms. The highest BCUT2D eigenvalue weighted by Gasteiger charge is 2.19. The van der Waals surface area contributed by atoms with Crippen molar-refractivity contribution in [2.24, 2.45) is 0 Å². The topological polar surface area (TPSA) is 62.3 Å². The van der Waals surface area contributed by atoms with Gasteiger partial charge in [-0.25, -0.2) is 9.97 Å². The molecule has 0 saturated heterocycles. The largest absolute Gasteiger partial charge is 0.496 e. The molecule has 0 bridgehead atoms. The lowest BCUT2D eigenvalue weighted by atomic mass is 10.1. The number of aryl methyl sites for hydroxylation is 1. The summed E-state index contributed by atoms with van der Waals surface area (Å²) >= 11 is 0. The van der Waals surface area contributed by atoms with Gasteiger partial charge >= 0.3 is 0 Å². The van der Waals surface area contributed by atoms with Crippen molar-refractivity contribution in [3.8, 4) is 23.0 Å². The number of hydrogen-bond donors (Lipinski definition) is 0. The lowest BCUT2D eigenvalue weighted by Gasteiger charge is -2.12. The highest BCUT2D eigenvalue weighted by Crippen LogP contribution is 2.38. The Hall–Kier alpha value is -2.76. The predicted octanol–water partition coefficient (Wildman–Crippen LogP) is 4.34. The van der Waals surface area contributed by atoms with Crippen LogP contribution in [0.3, 0.4) is 0 Å². The molecule has 0 spiro atoms. The molecule has 0 aliphatic heterocycles. The summed E-state index contributed by atoms with van der Waals surface area (Å²) in [5.41, 5.74) is 2.62. The van der Waals surface area contributed by atoms with Crippen molar-refractivity contribution in [1.29, 1.82) is 0 Å². The van der Waals surface area contributed by atoms with E-state index in [0.29, 0.717) is 24.1 Å². The fourth-order valence-corrected chi connectivity index (χ4v) is 3.13. The summed E-state index contributed by atoms with van der Waals surface area (Å²) in [6.07, 6.45) is 3.79. The third kappa shape index (κ3) is 3.19. The van der Waals surface area contributed by atoms with Crippen LogP contribution in [-0.2, 0) is 6.54 Å². The van der Waals surface area contributed by atoms with Crippen LogP contribution in [0.2, 0.25) is 0 Å². The summed E-state index contributed by atoms with van der Waals surface area (Å²) < 4.78 is 19.0. The van der Waals surface area contributed by atoms with Crippen molar-refractivity contribution in [1.82, 2.24) is 14.5 Å². The molecular formula is C20H25N3O3. The van der Waals surface area contributed by atoms with E-state index < -0.39 is 0 Å². The molecule has 0 N–H and O–H groups in total. The highest BCUT2D eigenvalue weighted by molar-refractivity contribution is 5.68. The zero-order valence-corrected chi connectivity index (χ0v) is 16.2. The molecule has 0 aliphatic carbocycles. The number of nitrogens with zero attached hydrogens (tertiary/aromatic N) is 3. The Kier molecular flexibility index (Phi) is 5.02. The Morgan fingerprint density at radius 3 is 2.58 bits per heavy atom. The van der Waals surface area contributed by atoms with Crippen molar-refractivity contribution in [2.45, 2.75) is 40.2 Å². The molecular weight excluding hydrogens is 330 g/mol. The number of ether oxygens (including phenoxy) is 2. The van der Waals surface area contributed by atoms with E-state index in [9.17, 15) is 0 Å². The minimum Gasteiger partial charge on any atom is -0.496 e. The quantitative estimate of drug-likeness (QED) is 0.658. The first-order valence-electron chi connectivity index (χ1n) is 8.65. The molecule has 2 heterocycles. The van der Waals surface area contributed by atoms with Crippen LogP contribution in [0.1, 0.15) is 42.6 Å². The van der Waals surface area contributed by atoms with Gasteiger partial charge in [0.1, 0.15) is 28.8 Å². The summed E-state index contributed by atoms with van der Waals surface area (Å²) in [6, 6.07) is 3.82. The molecule has 26 heavy (non-hydrogen) atoms. The van der Waals surface area contributed by atoms with Gasteiger partial charge in [0.25, 0.3) is 0 Å². The van der Waals surface area contributed by atoms with Crippen LogP contribution in [0.15, 0.2) is 28.9 Å². The van der Waals surface area contributed by atoms with Crippen molar-refractivity contribution >= 4 is 0 Å². The van der Waals surface area contributed by atoms with Gasteiger partial charge in [-0.3, -0.25) is 0 Å². The van der Waals surface area contributed by atoms with E-state index in [2.05, 4.69) is 23.4 Å². The van der Waals surface area contributed by atoms with Gasteiger partial charge in [0.15, 0.2) is 0 Å². The van der Waals surface area contributed by atoms with Crippen molar-refractivity contribution < 1.29 is 13.9 Å². The molecule has 6 nitrogen and oxygen atoms in total. The fraction of sp³-hybridized carbons (Fsp3) is 0.400. The Morgan fingerprint density at radius 2 is 1.92 bits per heavy atom. The van der Waals surface area contributed by atoms with Crippen LogP contribution in [0.25, 0.3) is 11.5 Å². The average Bonchev–Trinajstić information content (AvgIpc) is 3.22. The molecule has 0 fully saturated rings. The Bertz CT molecular complexity index is 909. The molecule has 1 aromatic carbocycles. The zero-order valence-electron chi connectivity index (χ0n) is 16.2. The van der Waals surface area contributed by atoms with Crippen LogP contribution >= 0.6 is 0 Å². The zero-order chi connectivity index (χ0) is 18.8. The number of imidazole rings is 1. The van der Waals surface area contributed by atoms with Gasteiger partial charge in [-0.15, -0.1) is 0 Å².